The van der Waals surface area contributed by atoms with Crippen LogP contribution in [0.5, 0.6) is 0 Å². The lowest BCUT2D eigenvalue weighted by Crippen LogP contribution is -2.41. The number of benzene rings is 1. The Morgan fingerprint density at radius 3 is 2.63 bits per heavy atom. The maximum Gasteiger partial charge on any atom is 0.251 e. The minimum Gasteiger partial charge on any atom is -0.357 e. The van der Waals surface area contributed by atoms with Gasteiger partial charge in [-0.2, -0.15) is 11.8 Å². The minimum atomic E-state index is -3.25. The molecule has 30 heavy (non-hydrogen) atoms. The van der Waals surface area contributed by atoms with Gasteiger partial charge in [-0.1, -0.05) is 12.1 Å². The zero-order valence-electron chi connectivity index (χ0n) is 17.5. The van der Waals surface area contributed by atoms with Crippen LogP contribution in [0.3, 0.4) is 0 Å². The molecule has 0 spiro atoms. The maximum absolute atomic E-state index is 12.4. The number of rotatable bonds is 9. The SMILES string of the molecule is CCNC(=NCCS(=O)(=O)N1CCSCC1)NCCc1cccc(C(=O)NC)c1.I. The van der Waals surface area contributed by atoms with Gasteiger partial charge in [0.2, 0.25) is 10.0 Å². The van der Waals surface area contributed by atoms with E-state index in [1.807, 2.05) is 25.1 Å². The molecular weight excluding hydrogens is 537 g/mol. The first-order valence-corrected chi connectivity index (χ1v) is 12.6. The molecule has 1 aliphatic heterocycles. The molecule has 1 aromatic rings. The van der Waals surface area contributed by atoms with Crippen molar-refractivity contribution >= 4 is 57.6 Å². The van der Waals surface area contributed by atoms with Crippen LogP contribution in [0.4, 0.5) is 0 Å². The first kappa shape index (κ1) is 27.0. The van der Waals surface area contributed by atoms with Gasteiger partial charge < -0.3 is 16.0 Å². The molecule has 0 bridgehead atoms. The first-order chi connectivity index (χ1) is 14.0. The van der Waals surface area contributed by atoms with Crippen molar-refractivity contribution in [2.45, 2.75) is 13.3 Å². The van der Waals surface area contributed by atoms with E-state index in [-0.39, 0.29) is 42.2 Å². The van der Waals surface area contributed by atoms with E-state index in [4.69, 9.17) is 0 Å². The predicted molar refractivity (Wildman–Crippen MR) is 136 cm³/mol. The number of hydrogen-bond donors (Lipinski definition) is 3. The molecule has 0 aromatic heterocycles. The van der Waals surface area contributed by atoms with E-state index < -0.39 is 10.0 Å². The molecule has 0 aliphatic carbocycles. The summed E-state index contributed by atoms with van der Waals surface area (Å²) in [5, 5.41) is 8.98. The molecule has 0 atom stereocenters. The van der Waals surface area contributed by atoms with E-state index in [9.17, 15) is 13.2 Å². The van der Waals surface area contributed by atoms with E-state index in [0.717, 1.165) is 23.5 Å². The standard InChI is InChI=1S/C19H31N5O3S2.HI/c1-3-21-19(23-9-14-29(26,27)24-10-12-28-13-11-24)22-8-7-16-5-4-6-17(15-16)18(25)20-2;/h4-6,15H,3,7-14H2,1-2H3,(H,20,25)(H2,21,22,23);1H. The van der Waals surface area contributed by atoms with Crippen molar-refractivity contribution in [2.24, 2.45) is 4.99 Å². The number of carbonyl (C=O) groups is 1. The van der Waals surface area contributed by atoms with E-state index >= 15 is 0 Å². The number of hydrogen-bond acceptors (Lipinski definition) is 5. The highest BCUT2D eigenvalue weighted by molar-refractivity contribution is 14.0. The summed E-state index contributed by atoms with van der Waals surface area (Å²) in [6.07, 6.45) is 0.721. The first-order valence-electron chi connectivity index (χ1n) is 9.85. The second-order valence-corrected chi connectivity index (χ2v) is 9.86. The Balaban J connectivity index is 0.00000450. The molecule has 11 heteroatoms. The summed E-state index contributed by atoms with van der Waals surface area (Å²) >= 11 is 1.79. The van der Waals surface area contributed by atoms with Crippen LogP contribution in [0.25, 0.3) is 0 Å². The fourth-order valence-corrected chi connectivity index (χ4v) is 5.36. The Bertz CT molecular complexity index is 799. The summed E-state index contributed by atoms with van der Waals surface area (Å²) in [4.78, 5) is 16.1. The molecule has 0 unspecified atom stereocenters. The number of nitrogens with zero attached hydrogens (tertiary/aromatic N) is 2. The molecule has 170 valence electrons. The summed E-state index contributed by atoms with van der Waals surface area (Å²) in [5.41, 5.74) is 1.67. The topological polar surface area (TPSA) is 103 Å². The molecular formula is C19H32IN5O3S2. The van der Waals surface area contributed by atoms with Crippen molar-refractivity contribution in [3.63, 3.8) is 0 Å². The van der Waals surface area contributed by atoms with Crippen LogP contribution < -0.4 is 16.0 Å². The van der Waals surface area contributed by atoms with Crippen molar-refractivity contribution in [1.82, 2.24) is 20.3 Å². The highest BCUT2D eigenvalue weighted by atomic mass is 127. The van der Waals surface area contributed by atoms with Crippen molar-refractivity contribution < 1.29 is 13.2 Å². The molecule has 0 radical (unpaired) electrons. The van der Waals surface area contributed by atoms with Crippen LogP contribution in [0.1, 0.15) is 22.8 Å². The molecule has 1 amide bonds. The highest BCUT2D eigenvalue weighted by Crippen LogP contribution is 2.13. The molecule has 1 fully saturated rings. The number of carbonyl (C=O) groups excluding carboxylic acids is 1. The fourth-order valence-electron chi connectivity index (χ4n) is 2.91. The molecule has 1 aromatic carbocycles. The van der Waals surface area contributed by atoms with Crippen LogP contribution in [-0.2, 0) is 16.4 Å². The third kappa shape index (κ3) is 8.98. The lowest BCUT2D eigenvalue weighted by Gasteiger charge is -2.25. The maximum atomic E-state index is 12.4. The monoisotopic (exact) mass is 569 g/mol. The van der Waals surface area contributed by atoms with Crippen LogP contribution in [0.2, 0.25) is 0 Å². The molecule has 1 aliphatic rings. The van der Waals surface area contributed by atoms with Gasteiger partial charge in [0.15, 0.2) is 5.96 Å². The van der Waals surface area contributed by atoms with Gasteiger partial charge in [0.05, 0.1) is 12.3 Å². The van der Waals surface area contributed by atoms with Crippen LogP contribution in [-0.4, -0.2) is 81.6 Å². The smallest absolute Gasteiger partial charge is 0.251 e. The molecule has 3 N–H and O–H groups in total. The van der Waals surface area contributed by atoms with Crippen LogP contribution in [0, 0.1) is 0 Å². The van der Waals surface area contributed by atoms with Crippen LogP contribution >= 0.6 is 35.7 Å². The van der Waals surface area contributed by atoms with Crippen molar-refractivity contribution in [3.05, 3.63) is 35.4 Å². The average molecular weight is 570 g/mol. The number of nitrogens with one attached hydrogen (secondary N) is 3. The number of amides is 1. The predicted octanol–water partition coefficient (Wildman–Crippen LogP) is 1.14. The highest BCUT2D eigenvalue weighted by Gasteiger charge is 2.23. The van der Waals surface area contributed by atoms with Crippen LogP contribution in [0.15, 0.2) is 29.3 Å². The van der Waals surface area contributed by atoms with Crippen molar-refractivity contribution in [3.8, 4) is 0 Å². The van der Waals surface area contributed by atoms with Gasteiger partial charge in [0, 0.05) is 50.3 Å². The Hall–Kier alpha value is -1.05. The van der Waals surface area contributed by atoms with Gasteiger partial charge in [-0.05, 0) is 31.0 Å². The number of guanidine groups is 1. The summed E-state index contributed by atoms with van der Waals surface area (Å²) in [7, 11) is -1.64. The molecule has 0 saturated carbocycles. The fraction of sp³-hybridized carbons (Fsp3) is 0.579. The number of thioether (sulfide) groups is 1. The Kier molecular flexibility index (Phi) is 12.7. The Morgan fingerprint density at radius 1 is 1.23 bits per heavy atom. The minimum absolute atomic E-state index is 0. The number of aliphatic imine (C=N–C) groups is 1. The van der Waals surface area contributed by atoms with E-state index in [2.05, 4.69) is 20.9 Å². The zero-order chi connectivity index (χ0) is 21.1. The summed E-state index contributed by atoms with van der Waals surface area (Å²) in [5.74, 6) is 2.21. The Labute approximate surface area is 201 Å². The quantitative estimate of drug-likeness (QED) is 0.234. The Morgan fingerprint density at radius 2 is 1.97 bits per heavy atom. The van der Waals surface area contributed by atoms with Gasteiger partial charge in [-0.15, -0.1) is 24.0 Å². The van der Waals surface area contributed by atoms with Gasteiger partial charge >= 0.3 is 0 Å². The average Bonchev–Trinajstić information content (AvgIpc) is 2.74. The number of halogens is 1. The number of sulfonamides is 1. The summed E-state index contributed by atoms with van der Waals surface area (Å²) in [6.45, 7) is 4.67. The normalized spacial score (nSPS) is 15.2. The van der Waals surface area contributed by atoms with E-state index in [0.29, 0.717) is 37.7 Å². The molecule has 1 heterocycles. The van der Waals surface area contributed by atoms with Gasteiger partial charge in [0.25, 0.3) is 5.91 Å². The molecule has 8 nitrogen and oxygen atoms in total. The van der Waals surface area contributed by atoms with Gasteiger partial charge in [-0.25, -0.2) is 12.7 Å². The second kappa shape index (κ2) is 14.1. The van der Waals surface area contributed by atoms with E-state index in [1.54, 1.807) is 29.2 Å². The lowest BCUT2D eigenvalue weighted by atomic mass is 10.1. The second-order valence-electron chi connectivity index (χ2n) is 6.54. The lowest BCUT2D eigenvalue weighted by molar-refractivity contribution is 0.0963. The van der Waals surface area contributed by atoms with Gasteiger partial charge in [0.1, 0.15) is 0 Å². The zero-order valence-corrected chi connectivity index (χ0v) is 21.5. The van der Waals surface area contributed by atoms with E-state index in [1.165, 1.54) is 0 Å². The summed E-state index contributed by atoms with van der Waals surface area (Å²) in [6, 6.07) is 7.49. The summed E-state index contributed by atoms with van der Waals surface area (Å²) < 4.78 is 26.4. The van der Waals surface area contributed by atoms with Crippen molar-refractivity contribution in [2.75, 3.05) is 57.0 Å². The largest absolute Gasteiger partial charge is 0.357 e. The molecule has 1 saturated heterocycles. The third-order valence-electron chi connectivity index (χ3n) is 4.45. The van der Waals surface area contributed by atoms with Gasteiger partial charge in [-0.3, -0.25) is 9.79 Å². The molecule has 2 rings (SSSR count). The van der Waals surface area contributed by atoms with Crippen molar-refractivity contribution in [1.29, 1.82) is 0 Å². The third-order valence-corrected chi connectivity index (χ3v) is 7.24.